The van der Waals surface area contributed by atoms with E-state index in [0.717, 1.165) is 6.07 Å². The minimum absolute atomic E-state index is 0.0607. The maximum atomic E-state index is 14.8. The van der Waals surface area contributed by atoms with Crippen LogP contribution < -0.4 is 20.7 Å². The minimum Gasteiger partial charge on any atom is -0.389 e. The number of hydrogen-bond donors (Lipinski definition) is 3. The summed E-state index contributed by atoms with van der Waals surface area (Å²) < 4.78 is 44.9. The van der Waals surface area contributed by atoms with Gasteiger partial charge in [-0.25, -0.2) is 13.2 Å². The first-order valence-corrected chi connectivity index (χ1v) is 10.6. The first kappa shape index (κ1) is 24.9. The number of anilines is 2. The van der Waals surface area contributed by atoms with Crippen LogP contribution in [-0.2, 0) is 4.74 Å². The zero-order valence-corrected chi connectivity index (χ0v) is 18.4. The number of thiocarbonyl (C=S) groups is 1. The van der Waals surface area contributed by atoms with Crippen molar-refractivity contribution in [3.63, 3.8) is 0 Å². The van der Waals surface area contributed by atoms with Crippen molar-refractivity contribution in [1.29, 1.82) is 0 Å². The van der Waals surface area contributed by atoms with Gasteiger partial charge in [0.25, 0.3) is 6.43 Å². The first-order chi connectivity index (χ1) is 15.8. The van der Waals surface area contributed by atoms with Crippen LogP contribution >= 0.6 is 12.2 Å². The fourth-order valence-corrected chi connectivity index (χ4v) is 3.45. The molecule has 1 atom stereocenters. The number of hydroxylamine groups is 1. The molecular weight excluding hydrogens is 459 g/mol. The fraction of sp³-hybridized carbons (Fsp3) is 0.364. The molecule has 7 nitrogen and oxygen atoms in total. The van der Waals surface area contributed by atoms with Gasteiger partial charge >= 0.3 is 0 Å². The Morgan fingerprint density at radius 3 is 2.55 bits per heavy atom. The van der Waals surface area contributed by atoms with Crippen LogP contribution in [0.2, 0.25) is 0 Å². The first-order valence-electron chi connectivity index (χ1n) is 10.2. The number of benzene rings is 1. The molecule has 1 aliphatic rings. The second kappa shape index (κ2) is 11.4. The molecule has 0 unspecified atom stereocenters. The predicted molar refractivity (Wildman–Crippen MR) is 123 cm³/mol. The number of nitrogens with zero attached hydrogens (tertiary/aromatic N) is 2. The molecule has 3 N–H and O–H groups in total. The van der Waals surface area contributed by atoms with Crippen LogP contribution in [0.25, 0.3) is 11.1 Å². The second-order valence-corrected chi connectivity index (χ2v) is 7.86. The largest absolute Gasteiger partial charge is 0.389 e. The lowest BCUT2D eigenvalue weighted by molar-refractivity contribution is 0.122. The Bertz CT molecular complexity index is 1040. The SMILES string of the molecule is O=c1ccc(-c2ccc(N(O)C[C@@H](O)CNC(=S)C(F)F)cc2F)ccc1N1CCOCC1. The van der Waals surface area contributed by atoms with Crippen LogP contribution in [0.15, 0.2) is 47.3 Å². The Morgan fingerprint density at radius 2 is 1.88 bits per heavy atom. The van der Waals surface area contributed by atoms with E-state index in [2.05, 4.69) is 17.5 Å². The summed E-state index contributed by atoms with van der Waals surface area (Å²) >= 11 is 4.42. The highest BCUT2D eigenvalue weighted by molar-refractivity contribution is 7.80. The summed E-state index contributed by atoms with van der Waals surface area (Å²) in [7, 11) is 0. The number of morpholine rings is 1. The molecule has 0 amide bonds. The van der Waals surface area contributed by atoms with Gasteiger partial charge in [0.1, 0.15) is 10.8 Å². The zero-order valence-electron chi connectivity index (χ0n) is 17.6. The lowest BCUT2D eigenvalue weighted by Crippen LogP contribution is -2.40. The topological polar surface area (TPSA) is 85.3 Å². The van der Waals surface area contributed by atoms with E-state index in [1.165, 1.54) is 24.3 Å². The summed E-state index contributed by atoms with van der Waals surface area (Å²) in [6.45, 7) is 1.59. The Balaban J connectivity index is 1.71. The van der Waals surface area contributed by atoms with Gasteiger partial charge in [0.05, 0.1) is 37.2 Å². The van der Waals surface area contributed by atoms with Crippen molar-refractivity contribution in [2.24, 2.45) is 0 Å². The maximum absolute atomic E-state index is 14.8. The Morgan fingerprint density at radius 1 is 1.18 bits per heavy atom. The summed E-state index contributed by atoms with van der Waals surface area (Å²) in [6, 6.07) is 10.2. The molecule has 11 heteroatoms. The van der Waals surface area contributed by atoms with Gasteiger partial charge in [-0.1, -0.05) is 24.4 Å². The number of ether oxygens (including phenoxy) is 1. The molecule has 0 spiro atoms. The molecule has 1 heterocycles. The molecule has 0 radical (unpaired) electrons. The average Bonchev–Trinajstić information content (AvgIpc) is 2.99. The van der Waals surface area contributed by atoms with Crippen LogP contribution in [0.1, 0.15) is 0 Å². The Kier molecular flexibility index (Phi) is 8.61. The lowest BCUT2D eigenvalue weighted by atomic mass is 10.1. The zero-order chi connectivity index (χ0) is 24.0. The third-order valence-electron chi connectivity index (χ3n) is 5.09. The third-order valence-corrected chi connectivity index (χ3v) is 5.42. The van der Waals surface area contributed by atoms with Crippen LogP contribution in [-0.4, -0.2) is 67.2 Å². The molecule has 2 aromatic rings. The minimum atomic E-state index is -2.85. The van der Waals surface area contributed by atoms with Crippen molar-refractivity contribution in [1.82, 2.24) is 5.32 Å². The van der Waals surface area contributed by atoms with Gasteiger partial charge in [-0.05, 0) is 29.8 Å². The summed E-state index contributed by atoms with van der Waals surface area (Å²) in [6.07, 6.45) is -4.09. The molecule has 0 aliphatic carbocycles. The number of alkyl halides is 2. The third kappa shape index (κ3) is 6.64. The molecule has 0 aromatic heterocycles. The van der Waals surface area contributed by atoms with Crippen molar-refractivity contribution < 1.29 is 28.2 Å². The molecule has 1 saturated heterocycles. The van der Waals surface area contributed by atoms with E-state index in [1.807, 2.05) is 4.90 Å². The average molecular weight is 484 g/mol. The molecule has 2 aromatic carbocycles. The van der Waals surface area contributed by atoms with E-state index in [9.17, 15) is 28.3 Å². The Labute approximate surface area is 194 Å². The maximum Gasteiger partial charge on any atom is 0.288 e. The molecule has 1 fully saturated rings. The summed E-state index contributed by atoms with van der Waals surface area (Å²) in [5, 5.41) is 22.9. The van der Waals surface area contributed by atoms with Crippen molar-refractivity contribution >= 4 is 28.6 Å². The van der Waals surface area contributed by atoms with E-state index in [4.69, 9.17) is 4.74 Å². The number of aliphatic hydroxyl groups excluding tert-OH is 1. The lowest BCUT2D eigenvalue weighted by Gasteiger charge is -2.27. The standard InChI is InChI=1S/C22H24F3N3O4S/c23-18-11-15(28(31)13-16(29)12-26-22(33)21(24)25)3-4-17(18)14-1-5-19(20(30)6-2-14)27-7-9-32-10-8-27/h1-6,11,16,21,29,31H,7-10,12-13H2,(H,26,33)/t16-/m0/s1. The van der Waals surface area contributed by atoms with E-state index in [0.29, 0.717) is 42.6 Å². The van der Waals surface area contributed by atoms with E-state index in [-0.39, 0.29) is 29.8 Å². The normalized spacial score (nSPS) is 14.8. The van der Waals surface area contributed by atoms with Gasteiger partial charge in [-0.3, -0.25) is 15.1 Å². The van der Waals surface area contributed by atoms with Gasteiger partial charge in [-0.2, -0.15) is 0 Å². The van der Waals surface area contributed by atoms with Crippen LogP contribution in [0, 0.1) is 5.82 Å². The fourth-order valence-electron chi connectivity index (χ4n) is 3.37. The Hall–Kier alpha value is -2.73. The van der Waals surface area contributed by atoms with Crippen LogP contribution in [0.3, 0.4) is 0 Å². The van der Waals surface area contributed by atoms with Gasteiger partial charge in [0.15, 0.2) is 0 Å². The number of hydrogen-bond acceptors (Lipinski definition) is 7. The smallest absolute Gasteiger partial charge is 0.288 e. The predicted octanol–water partition coefficient (Wildman–Crippen LogP) is 2.43. The molecule has 178 valence electrons. The van der Waals surface area contributed by atoms with Gasteiger partial charge in [0, 0.05) is 31.3 Å². The van der Waals surface area contributed by atoms with Gasteiger partial charge < -0.3 is 20.1 Å². The molecule has 0 saturated carbocycles. The summed E-state index contributed by atoms with van der Waals surface area (Å²) in [4.78, 5) is 13.7. The van der Waals surface area contributed by atoms with Crippen LogP contribution in [0.5, 0.6) is 0 Å². The van der Waals surface area contributed by atoms with Crippen LogP contribution in [0.4, 0.5) is 24.5 Å². The summed E-state index contributed by atoms with van der Waals surface area (Å²) in [5.74, 6) is -0.649. The molecule has 1 aliphatic heterocycles. The van der Waals surface area contributed by atoms with E-state index >= 15 is 0 Å². The van der Waals surface area contributed by atoms with E-state index in [1.54, 1.807) is 12.1 Å². The van der Waals surface area contributed by atoms with Crippen molar-refractivity contribution in [3.05, 3.63) is 58.5 Å². The highest BCUT2D eigenvalue weighted by Crippen LogP contribution is 2.26. The molecular formula is C22H24F3N3O4S. The monoisotopic (exact) mass is 483 g/mol. The highest BCUT2D eigenvalue weighted by atomic mass is 32.1. The number of aliphatic hydroxyl groups is 1. The van der Waals surface area contributed by atoms with Gasteiger partial charge in [-0.15, -0.1) is 0 Å². The number of halogens is 3. The highest BCUT2D eigenvalue weighted by Gasteiger charge is 2.17. The van der Waals surface area contributed by atoms with Crippen molar-refractivity contribution in [3.8, 4) is 11.1 Å². The second-order valence-electron chi connectivity index (χ2n) is 7.42. The van der Waals surface area contributed by atoms with E-state index < -0.39 is 23.3 Å². The summed E-state index contributed by atoms with van der Waals surface area (Å²) in [5.41, 5.74) is 1.09. The molecule has 0 bridgehead atoms. The quantitative estimate of drug-likeness (QED) is 0.390. The molecule has 3 rings (SSSR count). The molecule has 33 heavy (non-hydrogen) atoms. The number of nitrogens with one attached hydrogen (secondary N) is 1. The van der Waals surface area contributed by atoms with Gasteiger partial charge in [0.2, 0.25) is 5.43 Å². The van der Waals surface area contributed by atoms with Crippen molar-refractivity contribution in [2.75, 3.05) is 49.4 Å². The number of rotatable bonds is 8. The van der Waals surface area contributed by atoms with Crippen molar-refractivity contribution in [2.45, 2.75) is 12.5 Å².